The maximum Gasteiger partial charge on any atom is 0.256 e. The van der Waals surface area contributed by atoms with Gasteiger partial charge in [0.2, 0.25) is 5.91 Å². The van der Waals surface area contributed by atoms with Gasteiger partial charge in [-0.3, -0.25) is 9.59 Å². The zero-order valence-corrected chi connectivity index (χ0v) is 15.0. The molecule has 4 rings (SSSR count). The van der Waals surface area contributed by atoms with Gasteiger partial charge >= 0.3 is 0 Å². The van der Waals surface area contributed by atoms with E-state index >= 15 is 0 Å². The van der Waals surface area contributed by atoms with Gasteiger partial charge in [-0.15, -0.1) is 0 Å². The maximum atomic E-state index is 12.4. The number of nitrogens with one attached hydrogen (secondary N) is 2. The van der Waals surface area contributed by atoms with Crippen molar-refractivity contribution in [2.75, 3.05) is 17.3 Å². The molecule has 1 saturated carbocycles. The molecule has 2 aromatic rings. The normalized spacial score (nSPS) is 19.4. The molecule has 1 aromatic carbocycles. The molecule has 0 spiro atoms. The fourth-order valence-electron chi connectivity index (χ4n) is 3.38. The molecule has 2 aliphatic rings. The van der Waals surface area contributed by atoms with E-state index < -0.39 is 0 Å². The van der Waals surface area contributed by atoms with Crippen LogP contribution in [0.3, 0.4) is 0 Å². The van der Waals surface area contributed by atoms with Gasteiger partial charge in [-0.25, -0.2) is 4.98 Å². The van der Waals surface area contributed by atoms with Crippen LogP contribution in [0.1, 0.15) is 47.0 Å². The molecule has 2 N–H and O–H groups in total. The highest BCUT2D eigenvalue weighted by Crippen LogP contribution is 2.31. The van der Waals surface area contributed by atoms with Crippen molar-refractivity contribution in [3.63, 3.8) is 0 Å². The summed E-state index contributed by atoms with van der Waals surface area (Å²) in [5.74, 6) is 0.809. The van der Waals surface area contributed by atoms with E-state index in [-0.39, 0.29) is 23.9 Å². The van der Waals surface area contributed by atoms with Gasteiger partial charge in [-0.05, 0) is 49.6 Å². The number of aromatic nitrogens is 1. The highest BCUT2D eigenvalue weighted by Gasteiger charge is 2.30. The molecule has 0 bridgehead atoms. The fraction of sp³-hybridized carbons (Fsp3) is 0.350. The van der Waals surface area contributed by atoms with Crippen molar-refractivity contribution in [2.45, 2.75) is 32.4 Å². The Balaban J connectivity index is 1.54. The lowest BCUT2D eigenvalue weighted by molar-refractivity contribution is -0.122. The molecule has 134 valence electrons. The summed E-state index contributed by atoms with van der Waals surface area (Å²) < 4.78 is 0. The molecule has 0 saturated heterocycles. The van der Waals surface area contributed by atoms with Crippen molar-refractivity contribution < 1.29 is 9.59 Å². The van der Waals surface area contributed by atoms with E-state index in [1.54, 1.807) is 6.07 Å². The number of benzene rings is 1. The number of anilines is 2. The van der Waals surface area contributed by atoms with Crippen LogP contribution >= 0.6 is 0 Å². The molecule has 2 heterocycles. The van der Waals surface area contributed by atoms with E-state index in [4.69, 9.17) is 0 Å². The first-order valence-corrected chi connectivity index (χ1v) is 8.95. The molecule has 1 atom stereocenters. The van der Waals surface area contributed by atoms with Crippen LogP contribution in [0.25, 0.3) is 0 Å². The van der Waals surface area contributed by atoms with Gasteiger partial charge in [-0.1, -0.05) is 18.6 Å². The van der Waals surface area contributed by atoms with Crippen LogP contribution < -0.4 is 15.5 Å². The van der Waals surface area contributed by atoms with E-state index in [1.807, 2.05) is 49.2 Å². The van der Waals surface area contributed by atoms with Crippen LogP contribution in [0.2, 0.25) is 0 Å². The summed E-state index contributed by atoms with van der Waals surface area (Å²) in [4.78, 5) is 31.0. The first-order valence-electron chi connectivity index (χ1n) is 8.95. The Morgan fingerprint density at radius 3 is 2.58 bits per heavy atom. The topological polar surface area (TPSA) is 74.3 Å². The predicted octanol–water partition coefficient (Wildman–Crippen LogP) is 3.01. The number of carbonyl (C=O) groups excluding carboxylic acids is 2. The summed E-state index contributed by atoms with van der Waals surface area (Å²) in [7, 11) is 1.92. The van der Waals surface area contributed by atoms with Gasteiger partial charge in [0.05, 0.1) is 5.56 Å². The molecule has 6 nitrogen and oxygen atoms in total. The summed E-state index contributed by atoms with van der Waals surface area (Å²) in [6, 6.07) is 11.3. The van der Waals surface area contributed by atoms with Gasteiger partial charge in [0, 0.05) is 24.3 Å². The van der Waals surface area contributed by atoms with Gasteiger partial charge in [0.15, 0.2) is 0 Å². The highest BCUT2D eigenvalue weighted by molar-refractivity contribution is 6.01. The molecule has 26 heavy (non-hydrogen) atoms. The van der Waals surface area contributed by atoms with Crippen molar-refractivity contribution in [1.29, 1.82) is 0 Å². The van der Waals surface area contributed by atoms with Crippen LogP contribution in [0.4, 0.5) is 11.5 Å². The van der Waals surface area contributed by atoms with E-state index in [0.29, 0.717) is 11.4 Å². The number of fused-ring (bicyclic) bond motifs is 1. The molecule has 1 unspecified atom stereocenters. The summed E-state index contributed by atoms with van der Waals surface area (Å²) in [6.07, 6.45) is 2.81. The summed E-state index contributed by atoms with van der Waals surface area (Å²) in [5.41, 5.74) is 3.18. The van der Waals surface area contributed by atoms with E-state index in [9.17, 15) is 9.59 Å². The lowest BCUT2D eigenvalue weighted by atomic mass is 9.85. The maximum absolute atomic E-state index is 12.4. The first-order chi connectivity index (χ1) is 12.5. The molecule has 0 radical (unpaired) electrons. The Morgan fingerprint density at radius 1 is 1.19 bits per heavy atom. The summed E-state index contributed by atoms with van der Waals surface area (Å²) >= 11 is 0. The van der Waals surface area contributed by atoms with Gasteiger partial charge in [-0.2, -0.15) is 0 Å². The Labute approximate surface area is 152 Å². The number of hydrogen-bond acceptors (Lipinski definition) is 4. The van der Waals surface area contributed by atoms with Crippen molar-refractivity contribution in [1.82, 2.24) is 10.3 Å². The van der Waals surface area contributed by atoms with Crippen molar-refractivity contribution in [3.8, 4) is 0 Å². The number of rotatable bonds is 3. The molecule has 1 aliphatic heterocycles. The molecule has 1 fully saturated rings. The molecular weight excluding hydrogens is 328 g/mol. The van der Waals surface area contributed by atoms with Crippen LogP contribution in [-0.4, -0.2) is 23.8 Å². The second kappa shape index (κ2) is 6.44. The standard InChI is InChI=1S/C20H22N4O2/c1-12-6-11-16-18(21-12)24(2)17(23-20(16)26)13-7-9-15(10-8-13)22-19(25)14-4-3-5-14/h6-11,14,17H,3-5H2,1-2H3,(H,22,25)(H,23,26). The average Bonchev–Trinajstić information content (AvgIpc) is 2.57. The van der Waals surface area contributed by atoms with E-state index in [1.165, 1.54) is 0 Å². The average molecular weight is 350 g/mol. The van der Waals surface area contributed by atoms with E-state index in [2.05, 4.69) is 15.6 Å². The van der Waals surface area contributed by atoms with Gasteiger partial charge in [0.25, 0.3) is 5.91 Å². The molecule has 6 heteroatoms. The number of amides is 2. The Kier molecular flexibility index (Phi) is 4.11. The third kappa shape index (κ3) is 2.92. The minimum atomic E-state index is -0.291. The third-order valence-corrected chi connectivity index (χ3v) is 5.22. The number of hydrogen-bond donors (Lipinski definition) is 2. The lowest BCUT2D eigenvalue weighted by Crippen LogP contribution is -2.45. The first kappa shape index (κ1) is 16.6. The smallest absolute Gasteiger partial charge is 0.256 e. The molecule has 1 aromatic heterocycles. The largest absolute Gasteiger partial charge is 0.335 e. The minimum absolute atomic E-state index is 0.0979. The molecular formula is C20H22N4O2. The molecule has 1 aliphatic carbocycles. The van der Waals surface area contributed by atoms with Gasteiger partial charge in [0.1, 0.15) is 12.0 Å². The van der Waals surface area contributed by atoms with E-state index in [0.717, 1.165) is 36.2 Å². The zero-order chi connectivity index (χ0) is 18.3. The second-order valence-electron chi connectivity index (χ2n) is 7.05. The van der Waals surface area contributed by atoms with Crippen molar-refractivity contribution in [3.05, 3.63) is 53.2 Å². The monoisotopic (exact) mass is 350 g/mol. The van der Waals surface area contributed by atoms with Crippen molar-refractivity contribution in [2.24, 2.45) is 5.92 Å². The number of aryl methyl sites for hydroxylation is 1. The van der Waals surface area contributed by atoms with Crippen molar-refractivity contribution >= 4 is 23.3 Å². The van der Waals surface area contributed by atoms with Crippen LogP contribution in [0.5, 0.6) is 0 Å². The third-order valence-electron chi connectivity index (χ3n) is 5.22. The van der Waals surface area contributed by atoms with Crippen LogP contribution in [0, 0.1) is 12.8 Å². The Hall–Kier alpha value is -2.89. The molecule has 2 amide bonds. The number of carbonyl (C=O) groups is 2. The number of pyridine rings is 1. The van der Waals surface area contributed by atoms with Crippen LogP contribution in [-0.2, 0) is 4.79 Å². The highest BCUT2D eigenvalue weighted by atomic mass is 16.2. The second-order valence-corrected chi connectivity index (χ2v) is 7.05. The fourth-order valence-corrected chi connectivity index (χ4v) is 3.38. The Bertz CT molecular complexity index is 859. The quantitative estimate of drug-likeness (QED) is 0.892. The number of nitrogens with zero attached hydrogens (tertiary/aromatic N) is 2. The summed E-state index contributed by atoms with van der Waals surface area (Å²) in [6.45, 7) is 1.91. The predicted molar refractivity (Wildman–Crippen MR) is 100.0 cm³/mol. The van der Waals surface area contributed by atoms with Gasteiger partial charge < -0.3 is 15.5 Å². The zero-order valence-electron chi connectivity index (χ0n) is 15.0. The lowest BCUT2D eigenvalue weighted by Gasteiger charge is -2.35. The minimum Gasteiger partial charge on any atom is -0.335 e. The SMILES string of the molecule is Cc1ccc2c(n1)N(C)C(c1ccc(NC(=O)C3CCC3)cc1)NC2=O. The Morgan fingerprint density at radius 2 is 1.92 bits per heavy atom. The summed E-state index contributed by atoms with van der Waals surface area (Å²) in [5, 5.41) is 5.98. The van der Waals surface area contributed by atoms with Crippen LogP contribution in [0.15, 0.2) is 36.4 Å².